The lowest BCUT2D eigenvalue weighted by atomic mass is 9.43. The van der Waals surface area contributed by atoms with E-state index in [1.54, 1.807) is 27.7 Å². The summed E-state index contributed by atoms with van der Waals surface area (Å²) in [4.78, 5) is 0. The molecule has 0 spiro atoms. The molecule has 64 heavy (non-hydrogen) atoms. The number of fused-ring (bicyclic) bond motifs is 10. The fourth-order valence-corrected chi connectivity index (χ4v) is 18.2. The first-order valence-electron chi connectivity index (χ1n) is 26.5. The van der Waals surface area contributed by atoms with Crippen molar-refractivity contribution in [3.05, 3.63) is 0 Å². The van der Waals surface area contributed by atoms with Crippen LogP contribution in [0.15, 0.2) is 0 Å². The van der Waals surface area contributed by atoms with Gasteiger partial charge in [0.2, 0.25) is 0 Å². The van der Waals surface area contributed by atoms with Gasteiger partial charge in [-0.25, -0.2) is 0 Å². The maximum atomic E-state index is 11.6. The monoisotopic (exact) mass is 905 g/mol. The summed E-state index contributed by atoms with van der Waals surface area (Å²) in [5.74, 6) is 3.88. The Bertz CT molecular complexity index is 1460. The molecule has 8 saturated carbocycles. The average Bonchev–Trinajstić information content (AvgIpc) is 3.76. The van der Waals surface area contributed by atoms with E-state index in [1.807, 2.05) is 0 Å². The van der Waals surface area contributed by atoms with Crippen LogP contribution in [0, 0.1) is 92.7 Å². The van der Waals surface area contributed by atoms with Crippen LogP contribution in [-0.2, 0) is 0 Å². The van der Waals surface area contributed by atoms with Crippen molar-refractivity contribution < 1.29 is 51.1 Å². The van der Waals surface area contributed by atoms with Crippen LogP contribution in [0.4, 0.5) is 0 Å². The Labute approximate surface area is 387 Å². The van der Waals surface area contributed by atoms with Gasteiger partial charge in [-0.15, -0.1) is 0 Å². The van der Waals surface area contributed by atoms with E-state index in [0.717, 1.165) is 103 Å². The maximum Gasteiger partial charge on any atom is 0.0849 e. The van der Waals surface area contributed by atoms with Gasteiger partial charge in [-0.05, 0) is 236 Å². The second-order valence-corrected chi connectivity index (χ2v) is 26.5. The molecule has 0 aromatic heterocycles. The molecule has 0 aromatic carbocycles. The summed E-state index contributed by atoms with van der Waals surface area (Å²) >= 11 is 0. The largest absolute Gasteiger partial charge is 0.393 e. The quantitative estimate of drug-likeness (QED) is 0.109. The summed E-state index contributed by atoms with van der Waals surface area (Å²) < 4.78 is 0. The van der Waals surface area contributed by atoms with Crippen LogP contribution >= 0.6 is 0 Å². The van der Waals surface area contributed by atoms with Crippen LogP contribution < -0.4 is 0 Å². The summed E-state index contributed by atoms with van der Waals surface area (Å²) in [6.45, 7) is 20.4. The highest BCUT2D eigenvalue weighted by atomic mass is 16.3. The van der Waals surface area contributed by atoms with E-state index >= 15 is 0 Å². The Morgan fingerprint density at radius 2 is 0.812 bits per heavy atom. The van der Waals surface area contributed by atoms with E-state index in [9.17, 15) is 51.1 Å². The van der Waals surface area contributed by atoms with Crippen LogP contribution in [0.25, 0.3) is 0 Å². The summed E-state index contributed by atoms with van der Waals surface area (Å²) in [5, 5.41) is 107. The Kier molecular flexibility index (Phi) is 14.8. The molecule has 0 aromatic rings. The summed E-state index contributed by atoms with van der Waals surface area (Å²) in [6, 6.07) is 0. The van der Waals surface area contributed by atoms with Gasteiger partial charge >= 0.3 is 0 Å². The standard InChI is InChI=1S/2C27H48O5/c2*1-15(6-9-22(30)25(2,3)32)18-7-8-19-24-20(14-23(31)27(18,19)5)26(4)11-10-17(28)12-16(26)13-21(24)29/h2*15-24,28-32H,6-14H2,1-5H3/t2*15-,16+,17-,18-,19+,20+,21-,22?,23+,24+,26+,27-/m11/s1. The first kappa shape index (κ1) is 51.5. The third-order valence-corrected chi connectivity index (χ3v) is 22.5. The normalized spacial score (nSPS) is 50.8. The molecule has 8 aliphatic rings. The molecule has 10 nitrogen and oxygen atoms in total. The minimum absolute atomic E-state index is 0.103. The fraction of sp³-hybridized carbons (Fsp3) is 1.00. The van der Waals surface area contributed by atoms with Crippen molar-refractivity contribution >= 4 is 0 Å². The highest BCUT2D eigenvalue weighted by molar-refractivity contribution is 5.16. The van der Waals surface area contributed by atoms with Gasteiger partial charge in [-0.3, -0.25) is 0 Å². The minimum atomic E-state index is -1.09. The van der Waals surface area contributed by atoms with Crippen molar-refractivity contribution in [2.75, 3.05) is 0 Å². The molecule has 0 radical (unpaired) electrons. The molecule has 0 amide bonds. The van der Waals surface area contributed by atoms with E-state index in [-0.39, 0.29) is 70.1 Å². The van der Waals surface area contributed by atoms with Crippen LogP contribution in [0.2, 0.25) is 0 Å². The number of aliphatic hydroxyl groups excluding tert-OH is 8. The van der Waals surface area contributed by atoms with Crippen LogP contribution in [0.3, 0.4) is 0 Å². The number of hydrogen-bond acceptors (Lipinski definition) is 10. The number of hydrogen-bond donors (Lipinski definition) is 10. The van der Waals surface area contributed by atoms with Gasteiger partial charge in [-0.1, -0.05) is 41.5 Å². The van der Waals surface area contributed by atoms with E-state index in [1.165, 1.54) is 0 Å². The van der Waals surface area contributed by atoms with E-state index in [0.29, 0.717) is 72.0 Å². The lowest BCUT2D eigenvalue weighted by Crippen LogP contribution is -2.62. The van der Waals surface area contributed by atoms with Crippen molar-refractivity contribution in [3.63, 3.8) is 0 Å². The lowest BCUT2D eigenvalue weighted by molar-refractivity contribution is -0.207. The first-order valence-corrected chi connectivity index (χ1v) is 26.5. The Morgan fingerprint density at radius 1 is 0.469 bits per heavy atom. The molecule has 0 saturated heterocycles. The summed E-state index contributed by atoms with van der Waals surface area (Å²) in [6.07, 6.45) is 12.0. The van der Waals surface area contributed by atoms with Gasteiger partial charge in [0.05, 0.1) is 60.0 Å². The zero-order valence-electron chi connectivity index (χ0n) is 41.7. The van der Waals surface area contributed by atoms with E-state index < -0.39 is 23.4 Å². The highest BCUT2D eigenvalue weighted by Gasteiger charge is 2.67. The summed E-state index contributed by atoms with van der Waals surface area (Å²) in [7, 11) is 0. The molecule has 8 aliphatic carbocycles. The predicted molar refractivity (Wildman–Crippen MR) is 249 cm³/mol. The smallest absolute Gasteiger partial charge is 0.0849 e. The zero-order valence-corrected chi connectivity index (χ0v) is 41.7. The van der Waals surface area contributed by atoms with Gasteiger partial charge in [0.25, 0.3) is 0 Å². The number of aliphatic hydroxyl groups is 10. The minimum Gasteiger partial charge on any atom is -0.393 e. The molecule has 8 fully saturated rings. The second kappa shape index (κ2) is 18.4. The van der Waals surface area contributed by atoms with Crippen LogP contribution in [0.5, 0.6) is 0 Å². The Morgan fingerprint density at radius 3 is 1.14 bits per heavy atom. The molecule has 24 atom stereocenters. The molecule has 10 N–H and O–H groups in total. The molecule has 0 aliphatic heterocycles. The topological polar surface area (TPSA) is 202 Å². The van der Waals surface area contributed by atoms with Crippen molar-refractivity contribution in [2.45, 2.75) is 245 Å². The van der Waals surface area contributed by atoms with Crippen molar-refractivity contribution in [3.8, 4) is 0 Å². The van der Waals surface area contributed by atoms with Gasteiger partial charge < -0.3 is 51.1 Å². The van der Waals surface area contributed by atoms with Crippen LogP contribution in [-0.4, -0.2) is 111 Å². The Balaban J connectivity index is 0.000000191. The van der Waals surface area contributed by atoms with Gasteiger partial charge in [-0.2, -0.15) is 0 Å². The average molecular weight is 905 g/mol. The highest BCUT2D eigenvalue weighted by Crippen LogP contribution is 2.70. The molecule has 0 bridgehead atoms. The van der Waals surface area contributed by atoms with E-state index in [2.05, 4.69) is 41.5 Å². The maximum absolute atomic E-state index is 11.6. The van der Waals surface area contributed by atoms with Crippen LogP contribution in [0.1, 0.15) is 185 Å². The molecular formula is C54H96O10. The molecule has 8 rings (SSSR count). The van der Waals surface area contributed by atoms with Crippen molar-refractivity contribution in [2.24, 2.45) is 92.7 Å². The van der Waals surface area contributed by atoms with Gasteiger partial charge in [0, 0.05) is 0 Å². The summed E-state index contributed by atoms with van der Waals surface area (Å²) in [5.41, 5.74) is -2.40. The number of rotatable bonds is 10. The van der Waals surface area contributed by atoms with E-state index in [4.69, 9.17) is 0 Å². The SMILES string of the molecule is C[C@H](CCC(O)C(C)(C)O)[C@H]1CC[C@H]2[C@@H]3[C@H](O)C[C@@H]4C[C@H](O)CC[C@]4(C)[C@H]3C[C@H](O)[C@]12C.C[C@H](CCC(O)C(C)(C)O)[C@H]1CC[C@H]2[C@@H]3[C@H](O)C[C@@H]4C[C@H](O)CC[C@]4(C)[C@H]3C[C@H](O)[C@]12C. The third-order valence-electron chi connectivity index (χ3n) is 22.5. The predicted octanol–water partition coefficient (Wildman–Crippen LogP) is 6.99. The first-order chi connectivity index (χ1) is 29.6. The zero-order chi connectivity index (χ0) is 47.3. The van der Waals surface area contributed by atoms with Crippen molar-refractivity contribution in [1.29, 1.82) is 0 Å². The third kappa shape index (κ3) is 8.88. The molecule has 2 unspecified atom stereocenters. The van der Waals surface area contributed by atoms with Crippen molar-refractivity contribution in [1.82, 2.24) is 0 Å². The molecular weight excluding hydrogens is 809 g/mol. The Hall–Kier alpha value is -0.400. The van der Waals surface area contributed by atoms with Gasteiger partial charge in [0.1, 0.15) is 0 Å². The molecule has 0 heterocycles. The molecule has 10 heteroatoms. The second-order valence-electron chi connectivity index (χ2n) is 26.5. The van der Waals surface area contributed by atoms with Gasteiger partial charge in [0.15, 0.2) is 0 Å². The molecule has 372 valence electrons. The fourth-order valence-electron chi connectivity index (χ4n) is 18.2. The lowest BCUT2D eigenvalue weighted by Gasteiger charge is -2.63.